The number of carbonyl (C=O) groups excluding carboxylic acids is 2. The Morgan fingerprint density at radius 1 is 1.30 bits per heavy atom. The number of likely N-dealkylation sites (tertiary alicyclic amines) is 1. The molecule has 7 nitrogen and oxygen atoms in total. The van der Waals surface area contributed by atoms with Crippen LogP contribution in [0.1, 0.15) is 39.2 Å². The van der Waals surface area contributed by atoms with Gasteiger partial charge in [-0.2, -0.15) is 5.26 Å². The van der Waals surface area contributed by atoms with Crippen LogP contribution in [0.15, 0.2) is 30.3 Å². The molecule has 0 N–H and O–H groups in total. The van der Waals surface area contributed by atoms with E-state index >= 15 is 0 Å². The molecule has 0 spiro atoms. The number of carbonyl (C=O) groups is 2. The van der Waals surface area contributed by atoms with Crippen LogP contribution < -0.4 is 0 Å². The summed E-state index contributed by atoms with van der Waals surface area (Å²) in [7, 11) is 0. The maximum atomic E-state index is 12.2. The molecule has 0 unspecified atom stereocenters. The molecule has 0 aromatic heterocycles. The average Bonchev–Trinajstić information content (AvgIpc) is 2.65. The molecular weight excluding hydrogens is 346 g/mol. The fourth-order valence-electron chi connectivity index (χ4n) is 3.13. The number of piperidine rings is 1. The lowest BCUT2D eigenvalue weighted by molar-refractivity contribution is -0.219. The van der Waals surface area contributed by atoms with Gasteiger partial charge in [0, 0.05) is 13.5 Å². The number of nitriles is 1. The van der Waals surface area contributed by atoms with Gasteiger partial charge in [0.25, 0.3) is 0 Å². The van der Waals surface area contributed by atoms with Crippen molar-refractivity contribution in [2.45, 2.75) is 58.4 Å². The average molecular weight is 373 g/mol. The number of amides is 1. The zero-order valence-corrected chi connectivity index (χ0v) is 16.1. The van der Waals surface area contributed by atoms with Gasteiger partial charge in [-0.1, -0.05) is 30.3 Å². The van der Waals surface area contributed by atoms with Crippen LogP contribution in [0.4, 0.5) is 0 Å². The lowest BCUT2D eigenvalue weighted by atomic mass is 9.98. The number of benzene rings is 1. The van der Waals surface area contributed by atoms with E-state index in [2.05, 4.69) is 6.07 Å². The van der Waals surface area contributed by atoms with E-state index in [1.807, 2.05) is 44.2 Å². The normalized spacial score (nSPS) is 20.1. The summed E-state index contributed by atoms with van der Waals surface area (Å²) >= 11 is 0. The Morgan fingerprint density at radius 3 is 2.59 bits per heavy atom. The van der Waals surface area contributed by atoms with E-state index in [0.29, 0.717) is 19.4 Å². The van der Waals surface area contributed by atoms with Crippen LogP contribution in [0.5, 0.6) is 0 Å². The zero-order valence-electron chi connectivity index (χ0n) is 16.1. The highest BCUT2D eigenvalue weighted by molar-refractivity contribution is 5.73. The minimum Gasteiger partial charge on any atom is -0.460 e. The van der Waals surface area contributed by atoms with Crippen LogP contribution in [-0.4, -0.2) is 53.1 Å². The molecule has 1 aliphatic rings. The van der Waals surface area contributed by atoms with Gasteiger partial charge < -0.3 is 4.74 Å². The second-order valence-electron chi connectivity index (χ2n) is 6.95. The van der Waals surface area contributed by atoms with Crippen molar-refractivity contribution in [3.8, 4) is 6.07 Å². The number of hydrogen-bond donors (Lipinski definition) is 0. The van der Waals surface area contributed by atoms with Crippen LogP contribution in [0.3, 0.4) is 0 Å². The number of hydrogen-bond acceptors (Lipinski definition) is 6. The summed E-state index contributed by atoms with van der Waals surface area (Å²) in [6.07, 6.45) is 1.09. The summed E-state index contributed by atoms with van der Waals surface area (Å²) in [5.74, 6) is -0.574. The van der Waals surface area contributed by atoms with Gasteiger partial charge in [0.2, 0.25) is 5.91 Å². The van der Waals surface area contributed by atoms with Gasteiger partial charge in [0.15, 0.2) is 0 Å². The van der Waals surface area contributed by atoms with Crippen LogP contribution in [0.25, 0.3) is 0 Å². The molecule has 0 radical (unpaired) electrons. The predicted octanol–water partition coefficient (Wildman–Crippen LogP) is 2.27. The molecule has 146 valence electrons. The van der Waals surface area contributed by atoms with E-state index < -0.39 is 0 Å². The maximum Gasteiger partial charge on any atom is 0.320 e. The molecule has 27 heavy (non-hydrogen) atoms. The van der Waals surface area contributed by atoms with Gasteiger partial charge in [-0.05, 0) is 32.3 Å². The summed E-state index contributed by atoms with van der Waals surface area (Å²) < 4.78 is 5.33. The maximum absolute atomic E-state index is 12.2. The van der Waals surface area contributed by atoms with Crippen molar-refractivity contribution >= 4 is 11.9 Å². The first-order valence-corrected chi connectivity index (χ1v) is 9.20. The number of hydroxylamine groups is 2. The Kier molecular flexibility index (Phi) is 7.77. The van der Waals surface area contributed by atoms with E-state index in [0.717, 1.165) is 5.56 Å². The Morgan fingerprint density at radius 2 is 2.00 bits per heavy atom. The topological polar surface area (TPSA) is 82.9 Å². The second kappa shape index (κ2) is 10.0. The molecule has 1 saturated heterocycles. The smallest absolute Gasteiger partial charge is 0.320 e. The molecule has 0 aliphatic carbocycles. The molecule has 2 rings (SSSR count). The third kappa shape index (κ3) is 6.35. The van der Waals surface area contributed by atoms with Gasteiger partial charge in [0.1, 0.15) is 6.61 Å². The quantitative estimate of drug-likeness (QED) is 0.539. The van der Waals surface area contributed by atoms with Crippen LogP contribution in [0.2, 0.25) is 0 Å². The standard InChI is InChI=1S/C20H27N3O4/c1-15(2)27-23(16(3)24)19-10-9-18(11-21)22(12-19)13-20(25)26-14-17-7-5-4-6-8-17/h4-8,15,18-19H,9-10,12-14H2,1-3H3/t18-,19+/m0/s1. The van der Waals surface area contributed by atoms with Gasteiger partial charge >= 0.3 is 5.97 Å². The minimum atomic E-state index is -0.390. The zero-order chi connectivity index (χ0) is 19.8. The Bertz CT molecular complexity index is 672. The summed E-state index contributed by atoms with van der Waals surface area (Å²) in [4.78, 5) is 31.6. The molecule has 1 aromatic carbocycles. The number of nitrogens with zero attached hydrogens (tertiary/aromatic N) is 3. The van der Waals surface area contributed by atoms with Crippen molar-refractivity contribution in [2.24, 2.45) is 0 Å². The van der Waals surface area contributed by atoms with Gasteiger partial charge in [-0.15, -0.1) is 0 Å². The van der Waals surface area contributed by atoms with Crippen LogP contribution in [0, 0.1) is 11.3 Å². The lowest BCUT2D eigenvalue weighted by Gasteiger charge is -2.40. The predicted molar refractivity (Wildman–Crippen MR) is 99.0 cm³/mol. The first-order valence-electron chi connectivity index (χ1n) is 9.20. The molecule has 1 aromatic rings. The Labute approximate surface area is 160 Å². The molecule has 1 aliphatic heterocycles. The fourth-order valence-corrected chi connectivity index (χ4v) is 3.13. The summed E-state index contributed by atoms with van der Waals surface area (Å²) in [6, 6.07) is 11.1. The van der Waals surface area contributed by atoms with Crippen molar-refractivity contribution in [1.82, 2.24) is 9.96 Å². The molecule has 1 heterocycles. The van der Waals surface area contributed by atoms with Crippen molar-refractivity contribution in [2.75, 3.05) is 13.1 Å². The second-order valence-corrected chi connectivity index (χ2v) is 6.95. The van der Waals surface area contributed by atoms with Crippen molar-refractivity contribution < 1.29 is 19.2 Å². The minimum absolute atomic E-state index is 0.00891. The highest BCUT2D eigenvalue weighted by Gasteiger charge is 2.35. The fraction of sp³-hybridized carbons (Fsp3) is 0.550. The van der Waals surface area contributed by atoms with E-state index in [1.54, 1.807) is 4.90 Å². The molecule has 1 amide bonds. The van der Waals surface area contributed by atoms with Crippen molar-refractivity contribution in [3.63, 3.8) is 0 Å². The molecule has 1 fully saturated rings. The third-order valence-electron chi connectivity index (χ3n) is 4.35. The molecule has 0 bridgehead atoms. The number of esters is 1. The molecule has 2 atom stereocenters. The molecular formula is C20H27N3O4. The summed E-state index contributed by atoms with van der Waals surface area (Å²) in [6.45, 7) is 5.77. The van der Waals surface area contributed by atoms with E-state index in [-0.39, 0.29) is 43.2 Å². The SMILES string of the molecule is CC(=O)N(OC(C)C)[C@@H]1CC[C@@H](C#N)N(CC(=O)OCc2ccccc2)C1. The first-order chi connectivity index (χ1) is 12.9. The Balaban J connectivity index is 1.96. The number of ether oxygens (including phenoxy) is 1. The van der Waals surface area contributed by atoms with Crippen LogP contribution >= 0.6 is 0 Å². The van der Waals surface area contributed by atoms with E-state index in [4.69, 9.17) is 9.57 Å². The van der Waals surface area contributed by atoms with Crippen molar-refractivity contribution in [1.29, 1.82) is 5.26 Å². The van der Waals surface area contributed by atoms with Gasteiger partial charge in [-0.3, -0.25) is 19.3 Å². The lowest BCUT2D eigenvalue weighted by Crippen LogP contribution is -2.54. The summed E-state index contributed by atoms with van der Waals surface area (Å²) in [5.41, 5.74) is 0.910. The Hall–Kier alpha value is -2.43. The van der Waals surface area contributed by atoms with Crippen molar-refractivity contribution in [3.05, 3.63) is 35.9 Å². The third-order valence-corrected chi connectivity index (χ3v) is 4.35. The largest absolute Gasteiger partial charge is 0.460 e. The highest BCUT2D eigenvalue weighted by atomic mass is 16.7. The molecule has 7 heteroatoms. The van der Waals surface area contributed by atoms with Crippen LogP contribution in [-0.2, 0) is 25.8 Å². The number of rotatable bonds is 7. The summed E-state index contributed by atoms with van der Waals surface area (Å²) in [5, 5.41) is 10.8. The monoisotopic (exact) mass is 373 g/mol. The first kappa shape index (κ1) is 20.9. The van der Waals surface area contributed by atoms with Gasteiger partial charge in [-0.25, -0.2) is 5.06 Å². The highest BCUT2D eigenvalue weighted by Crippen LogP contribution is 2.22. The van der Waals surface area contributed by atoms with E-state index in [9.17, 15) is 14.9 Å². The molecule has 0 saturated carbocycles. The van der Waals surface area contributed by atoms with E-state index in [1.165, 1.54) is 12.0 Å². The van der Waals surface area contributed by atoms with Gasteiger partial charge in [0.05, 0.1) is 30.8 Å².